The highest BCUT2D eigenvalue weighted by Crippen LogP contribution is 2.24. The first kappa shape index (κ1) is 15.6. The topological polar surface area (TPSA) is 120 Å². The average Bonchev–Trinajstić information content (AvgIpc) is 3.29. The Morgan fingerprint density at radius 3 is 2.88 bits per heavy atom. The number of benzene rings is 1. The summed E-state index contributed by atoms with van der Waals surface area (Å²) in [7, 11) is 0. The smallest absolute Gasteiger partial charge is 0.328 e. The first-order valence-electron chi connectivity index (χ1n) is 7.68. The number of furan rings is 1. The van der Waals surface area contributed by atoms with Crippen molar-refractivity contribution >= 4 is 23.5 Å². The largest absolute Gasteiger partial charge is 0.478 e. The van der Waals surface area contributed by atoms with E-state index in [0.717, 1.165) is 17.2 Å². The fourth-order valence-corrected chi connectivity index (χ4v) is 2.53. The fraction of sp³-hybridized carbons (Fsp3) is 0. The lowest BCUT2D eigenvalue weighted by atomic mass is 10.1. The maximum absolute atomic E-state index is 10.7. The van der Waals surface area contributed by atoms with Gasteiger partial charge in [0, 0.05) is 11.6 Å². The van der Waals surface area contributed by atoms with E-state index in [1.165, 1.54) is 6.08 Å². The predicted molar refractivity (Wildman–Crippen MR) is 95.0 cm³/mol. The van der Waals surface area contributed by atoms with Crippen LogP contribution in [-0.4, -0.2) is 30.7 Å². The minimum absolute atomic E-state index is 0.235. The van der Waals surface area contributed by atoms with Crippen LogP contribution in [0.2, 0.25) is 0 Å². The first-order valence-corrected chi connectivity index (χ1v) is 7.68. The van der Waals surface area contributed by atoms with Gasteiger partial charge in [-0.15, -0.1) is 5.10 Å². The molecule has 3 heterocycles. The van der Waals surface area contributed by atoms with Crippen molar-refractivity contribution in [2.45, 2.75) is 0 Å². The van der Waals surface area contributed by atoms with Crippen LogP contribution >= 0.6 is 0 Å². The first-order chi connectivity index (χ1) is 12.6. The molecule has 0 spiro atoms. The SMILES string of the molecule is Nc1nc(-c2cccc(C=CC(=O)O)c2)cn2nc(-c3ccco3)nc12. The van der Waals surface area contributed by atoms with Crippen LogP contribution in [-0.2, 0) is 4.79 Å². The Morgan fingerprint density at radius 2 is 2.12 bits per heavy atom. The van der Waals surface area contributed by atoms with Crippen molar-refractivity contribution in [1.82, 2.24) is 19.6 Å². The van der Waals surface area contributed by atoms with Gasteiger partial charge in [-0.25, -0.2) is 19.3 Å². The lowest BCUT2D eigenvalue weighted by molar-refractivity contribution is -0.131. The van der Waals surface area contributed by atoms with Gasteiger partial charge in [-0.3, -0.25) is 0 Å². The third-order valence-electron chi connectivity index (χ3n) is 3.69. The molecule has 1 aromatic carbocycles. The second-order valence-electron chi connectivity index (χ2n) is 5.49. The number of nitrogens with two attached hydrogens (primary N) is 1. The number of hydrogen-bond donors (Lipinski definition) is 2. The lowest BCUT2D eigenvalue weighted by Gasteiger charge is -2.04. The lowest BCUT2D eigenvalue weighted by Crippen LogP contribution is -2.00. The van der Waals surface area contributed by atoms with E-state index in [1.54, 1.807) is 35.2 Å². The van der Waals surface area contributed by atoms with E-state index in [2.05, 4.69) is 15.1 Å². The van der Waals surface area contributed by atoms with Gasteiger partial charge in [-0.1, -0.05) is 18.2 Å². The minimum Gasteiger partial charge on any atom is -0.478 e. The minimum atomic E-state index is -1.01. The Bertz CT molecular complexity index is 1130. The number of nitrogens with zero attached hydrogens (tertiary/aromatic N) is 4. The maximum Gasteiger partial charge on any atom is 0.328 e. The summed E-state index contributed by atoms with van der Waals surface area (Å²) in [6.07, 6.45) is 5.85. The highest BCUT2D eigenvalue weighted by Gasteiger charge is 2.13. The molecule has 0 saturated heterocycles. The Kier molecular flexibility index (Phi) is 3.70. The van der Waals surface area contributed by atoms with Gasteiger partial charge in [-0.05, 0) is 29.8 Å². The molecule has 3 aromatic heterocycles. The summed E-state index contributed by atoms with van der Waals surface area (Å²) in [5, 5.41) is 13.1. The van der Waals surface area contributed by atoms with Crippen molar-refractivity contribution in [3.63, 3.8) is 0 Å². The summed E-state index contributed by atoms with van der Waals surface area (Å²) in [5.41, 5.74) is 8.58. The molecule has 0 aliphatic rings. The molecule has 3 N–H and O–H groups in total. The normalized spacial score (nSPS) is 11.4. The third kappa shape index (κ3) is 2.91. The zero-order chi connectivity index (χ0) is 18.1. The van der Waals surface area contributed by atoms with E-state index in [9.17, 15) is 4.79 Å². The number of aromatic nitrogens is 4. The maximum atomic E-state index is 10.7. The number of anilines is 1. The average molecular weight is 347 g/mol. The van der Waals surface area contributed by atoms with E-state index >= 15 is 0 Å². The quantitative estimate of drug-likeness (QED) is 0.545. The van der Waals surface area contributed by atoms with Gasteiger partial charge in [0.05, 0.1) is 18.2 Å². The molecule has 128 valence electrons. The van der Waals surface area contributed by atoms with Gasteiger partial charge in [-0.2, -0.15) is 0 Å². The van der Waals surface area contributed by atoms with Gasteiger partial charge < -0.3 is 15.3 Å². The van der Waals surface area contributed by atoms with Gasteiger partial charge in [0.15, 0.2) is 17.2 Å². The fourth-order valence-electron chi connectivity index (χ4n) is 2.53. The highest BCUT2D eigenvalue weighted by atomic mass is 16.4. The predicted octanol–water partition coefficient (Wildman–Crippen LogP) is 2.73. The number of carboxylic acid groups (broad SMARTS) is 1. The van der Waals surface area contributed by atoms with E-state index in [-0.39, 0.29) is 5.82 Å². The van der Waals surface area contributed by atoms with E-state index in [0.29, 0.717) is 22.9 Å². The number of carbonyl (C=O) groups is 1. The van der Waals surface area contributed by atoms with Crippen LogP contribution in [0.15, 0.2) is 59.4 Å². The Labute approximate surface area is 147 Å². The molecule has 4 rings (SSSR count). The summed E-state index contributed by atoms with van der Waals surface area (Å²) in [6, 6.07) is 10.8. The second-order valence-corrected chi connectivity index (χ2v) is 5.49. The van der Waals surface area contributed by atoms with Crippen LogP contribution in [0.5, 0.6) is 0 Å². The molecular formula is C18H13N5O3. The zero-order valence-electron chi connectivity index (χ0n) is 13.4. The van der Waals surface area contributed by atoms with Gasteiger partial charge in [0.2, 0.25) is 5.82 Å². The number of nitrogen functional groups attached to an aromatic ring is 1. The molecule has 26 heavy (non-hydrogen) atoms. The number of rotatable bonds is 4. The number of aliphatic carboxylic acids is 1. The van der Waals surface area contributed by atoms with E-state index in [1.807, 2.05) is 18.2 Å². The third-order valence-corrected chi connectivity index (χ3v) is 3.69. The monoisotopic (exact) mass is 347 g/mol. The van der Waals surface area contributed by atoms with Crippen molar-refractivity contribution in [2.24, 2.45) is 0 Å². The van der Waals surface area contributed by atoms with Crippen molar-refractivity contribution < 1.29 is 14.3 Å². The van der Waals surface area contributed by atoms with Gasteiger partial charge >= 0.3 is 5.97 Å². The summed E-state index contributed by atoms with van der Waals surface area (Å²) in [5.74, 6) is 0.181. The molecule has 0 bridgehead atoms. The van der Waals surface area contributed by atoms with Crippen LogP contribution in [0.25, 0.3) is 34.6 Å². The van der Waals surface area contributed by atoms with Crippen molar-refractivity contribution in [3.05, 3.63) is 60.5 Å². The molecule has 0 saturated carbocycles. The Morgan fingerprint density at radius 1 is 1.23 bits per heavy atom. The molecule has 8 heteroatoms. The standard InChI is InChI=1S/C18H13N5O3/c19-16-18-21-17(14-5-2-8-26-14)22-23(18)10-13(20-16)12-4-1-3-11(9-12)6-7-15(24)25/h1-10H,(H2,19,20)(H,24,25). The summed E-state index contributed by atoms with van der Waals surface area (Å²) in [4.78, 5) is 19.4. The van der Waals surface area contributed by atoms with Crippen LogP contribution in [0.3, 0.4) is 0 Å². The van der Waals surface area contributed by atoms with Gasteiger partial charge in [0.1, 0.15) is 0 Å². The van der Waals surface area contributed by atoms with Crippen molar-refractivity contribution in [3.8, 4) is 22.8 Å². The van der Waals surface area contributed by atoms with Crippen molar-refractivity contribution in [1.29, 1.82) is 0 Å². The van der Waals surface area contributed by atoms with Crippen LogP contribution < -0.4 is 5.73 Å². The van der Waals surface area contributed by atoms with E-state index < -0.39 is 5.97 Å². The Balaban J connectivity index is 1.78. The van der Waals surface area contributed by atoms with Crippen LogP contribution in [0, 0.1) is 0 Å². The molecule has 0 amide bonds. The summed E-state index contributed by atoms with van der Waals surface area (Å²) < 4.78 is 6.86. The summed E-state index contributed by atoms with van der Waals surface area (Å²) >= 11 is 0. The molecule has 0 radical (unpaired) electrons. The number of hydrogen-bond acceptors (Lipinski definition) is 6. The second kappa shape index (κ2) is 6.17. The van der Waals surface area contributed by atoms with Gasteiger partial charge in [0.25, 0.3) is 0 Å². The highest BCUT2D eigenvalue weighted by molar-refractivity contribution is 5.85. The van der Waals surface area contributed by atoms with Crippen LogP contribution in [0.1, 0.15) is 5.56 Å². The number of carboxylic acids is 1. The molecule has 0 aliphatic carbocycles. The molecule has 0 unspecified atom stereocenters. The summed E-state index contributed by atoms with van der Waals surface area (Å²) in [6.45, 7) is 0. The van der Waals surface area contributed by atoms with Crippen molar-refractivity contribution in [2.75, 3.05) is 5.73 Å². The molecule has 4 aromatic rings. The van der Waals surface area contributed by atoms with E-state index in [4.69, 9.17) is 15.3 Å². The molecular weight excluding hydrogens is 334 g/mol. The number of fused-ring (bicyclic) bond motifs is 1. The zero-order valence-corrected chi connectivity index (χ0v) is 13.4. The molecule has 0 atom stereocenters. The molecule has 0 fully saturated rings. The molecule has 0 aliphatic heterocycles. The Hall–Kier alpha value is -3.94. The van der Waals surface area contributed by atoms with Crippen LogP contribution in [0.4, 0.5) is 5.82 Å². The molecule has 8 nitrogen and oxygen atoms in total.